The number of aromatic nitrogens is 1. The number of ether oxygens (including phenoxy) is 1. The molecule has 1 rings (SSSR count). The van der Waals surface area contributed by atoms with Crippen molar-refractivity contribution in [3.05, 3.63) is 30.1 Å². The van der Waals surface area contributed by atoms with Gasteiger partial charge in [-0.25, -0.2) is 0 Å². The Morgan fingerprint density at radius 3 is 2.74 bits per heavy atom. The van der Waals surface area contributed by atoms with Crippen molar-refractivity contribution in [2.45, 2.75) is 44.4 Å². The van der Waals surface area contributed by atoms with Crippen molar-refractivity contribution < 1.29 is 9.29 Å². The first-order chi connectivity index (χ1) is 8.95. The van der Waals surface area contributed by atoms with E-state index in [-0.39, 0.29) is 10.8 Å². The minimum absolute atomic E-state index is 0.0453. The van der Waals surface area contributed by atoms with Crippen LogP contribution >= 0.6 is 0 Å². The lowest BCUT2D eigenvalue weighted by Crippen LogP contribution is -2.41. The molecular weight excluding hydrogens is 260 g/mol. The van der Waals surface area contributed by atoms with Crippen molar-refractivity contribution in [1.29, 1.82) is 0 Å². The molecule has 0 spiro atoms. The predicted octanol–water partition coefficient (Wildman–Crippen LogP) is 2.60. The summed E-state index contributed by atoms with van der Waals surface area (Å²) in [6.07, 6.45) is 5.37. The second kappa shape index (κ2) is 7.85. The van der Waals surface area contributed by atoms with E-state index in [1.54, 1.807) is 13.3 Å². The van der Waals surface area contributed by atoms with E-state index >= 15 is 0 Å². The number of nitrogens with zero attached hydrogens (tertiary/aromatic N) is 1. The van der Waals surface area contributed by atoms with E-state index in [0.717, 1.165) is 18.4 Å². The summed E-state index contributed by atoms with van der Waals surface area (Å²) in [4.78, 5) is 4.13. The largest absolute Gasteiger partial charge is 0.598 e. The van der Waals surface area contributed by atoms with Crippen LogP contribution in [0.1, 0.15) is 45.2 Å². The molecule has 1 unspecified atom stereocenters. The van der Waals surface area contributed by atoms with Gasteiger partial charge in [-0.3, -0.25) is 4.98 Å². The van der Waals surface area contributed by atoms with E-state index in [1.165, 1.54) is 0 Å². The van der Waals surface area contributed by atoms with Crippen molar-refractivity contribution in [3.8, 4) is 0 Å². The molecule has 0 aliphatic heterocycles. The Morgan fingerprint density at radius 1 is 1.47 bits per heavy atom. The summed E-state index contributed by atoms with van der Waals surface area (Å²) in [5.41, 5.74) is 1.07. The smallest absolute Gasteiger partial charge is 0.136 e. The van der Waals surface area contributed by atoms with Crippen LogP contribution in [0.3, 0.4) is 0 Å². The Morgan fingerprint density at radius 2 is 2.21 bits per heavy atom. The van der Waals surface area contributed by atoms with Gasteiger partial charge in [-0.15, -0.1) is 4.72 Å². The molecule has 0 fully saturated rings. The molecule has 0 aromatic carbocycles. The first-order valence-electron chi connectivity index (χ1n) is 6.52. The molecule has 108 valence electrons. The van der Waals surface area contributed by atoms with Crippen LogP contribution in [0.2, 0.25) is 0 Å². The summed E-state index contributed by atoms with van der Waals surface area (Å²) in [6.45, 7) is 6.60. The van der Waals surface area contributed by atoms with Gasteiger partial charge in [0, 0.05) is 37.5 Å². The minimum Gasteiger partial charge on any atom is -0.598 e. The summed E-state index contributed by atoms with van der Waals surface area (Å²) < 4.78 is 20.2. The number of methoxy groups -OCH3 is 1. The molecule has 1 aromatic rings. The molecule has 0 aliphatic rings. The number of rotatable bonds is 7. The van der Waals surface area contributed by atoms with E-state index in [2.05, 4.69) is 9.71 Å². The van der Waals surface area contributed by atoms with Crippen molar-refractivity contribution in [1.82, 2.24) is 9.71 Å². The van der Waals surface area contributed by atoms with E-state index in [0.29, 0.717) is 6.61 Å². The molecule has 19 heavy (non-hydrogen) atoms. The van der Waals surface area contributed by atoms with E-state index < -0.39 is 11.4 Å². The van der Waals surface area contributed by atoms with Crippen LogP contribution in [0, 0.1) is 0 Å². The van der Waals surface area contributed by atoms with Crippen molar-refractivity contribution >= 4 is 11.4 Å². The fourth-order valence-electron chi connectivity index (χ4n) is 1.61. The SMILES string of the molecule is COCCCC(N[S@@+]([O-])C(C)(C)C)c1cccnc1. The third-order valence-corrected chi connectivity index (χ3v) is 4.34. The third-order valence-electron chi connectivity index (χ3n) is 2.73. The monoisotopic (exact) mass is 284 g/mol. The average Bonchev–Trinajstić information content (AvgIpc) is 2.37. The lowest BCUT2D eigenvalue weighted by Gasteiger charge is -2.28. The molecule has 0 aliphatic carbocycles. The second-order valence-electron chi connectivity index (χ2n) is 5.47. The topological polar surface area (TPSA) is 57.2 Å². The van der Waals surface area contributed by atoms with Gasteiger partial charge in [-0.1, -0.05) is 6.07 Å². The molecule has 0 amide bonds. The van der Waals surface area contributed by atoms with Crippen LogP contribution in [-0.2, 0) is 16.1 Å². The fourth-order valence-corrected chi connectivity index (χ4v) is 2.48. The summed E-state index contributed by atoms with van der Waals surface area (Å²) in [5.74, 6) is 0. The Kier molecular flexibility index (Phi) is 6.79. The highest BCUT2D eigenvalue weighted by Crippen LogP contribution is 2.22. The quantitative estimate of drug-likeness (QED) is 0.617. The van der Waals surface area contributed by atoms with Crippen LogP contribution in [0.15, 0.2) is 24.5 Å². The molecule has 4 nitrogen and oxygen atoms in total. The molecule has 0 saturated carbocycles. The minimum atomic E-state index is -1.09. The Hall–Kier alpha value is -0.620. The maximum Gasteiger partial charge on any atom is 0.136 e. The molecule has 0 saturated heterocycles. The van der Waals surface area contributed by atoms with E-state index in [9.17, 15) is 4.55 Å². The van der Waals surface area contributed by atoms with Crippen LogP contribution < -0.4 is 4.72 Å². The van der Waals surface area contributed by atoms with Crippen LogP contribution in [0.4, 0.5) is 0 Å². The molecule has 0 radical (unpaired) electrons. The normalized spacial score (nSPS) is 15.2. The molecule has 1 heterocycles. The second-order valence-corrected chi connectivity index (χ2v) is 7.47. The Bertz CT molecular complexity index is 354. The summed E-state index contributed by atoms with van der Waals surface area (Å²) in [6, 6.07) is 3.96. The standard InChI is InChI=1S/C14H24N2O2S/c1-14(2,3)19(17)16-13(8-6-10-18-4)12-7-5-9-15-11-12/h5,7,9,11,13,16H,6,8,10H2,1-4H3/t13?,19-/m0/s1. The summed E-state index contributed by atoms with van der Waals surface area (Å²) in [5, 5.41) is 0. The number of nitrogens with one attached hydrogen (secondary N) is 1. The van der Waals surface area contributed by atoms with Crippen LogP contribution in [-0.4, -0.2) is 28.0 Å². The summed E-state index contributed by atoms with van der Waals surface area (Å²) in [7, 11) is 1.69. The highest BCUT2D eigenvalue weighted by atomic mass is 32.2. The number of hydrogen-bond acceptors (Lipinski definition) is 4. The average molecular weight is 284 g/mol. The van der Waals surface area contributed by atoms with Crippen molar-refractivity contribution in [3.63, 3.8) is 0 Å². The molecule has 2 atom stereocenters. The zero-order valence-corrected chi connectivity index (χ0v) is 13.0. The Labute approximate surface area is 119 Å². The fraction of sp³-hybridized carbons (Fsp3) is 0.643. The van der Waals surface area contributed by atoms with Gasteiger partial charge in [0.25, 0.3) is 0 Å². The highest BCUT2D eigenvalue weighted by molar-refractivity contribution is 7.90. The number of pyridine rings is 1. The summed E-state index contributed by atoms with van der Waals surface area (Å²) >= 11 is -1.09. The van der Waals surface area contributed by atoms with Crippen molar-refractivity contribution in [2.75, 3.05) is 13.7 Å². The van der Waals surface area contributed by atoms with Gasteiger partial charge < -0.3 is 9.29 Å². The first-order valence-corrected chi connectivity index (χ1v) is 7.67. The lowest BCUT2D eigenvalue weighted by molar-refractivity contribution is 0.190. The van der Waals surface area contributed by atoms with Crippen molar-refractivity contribution in [2.24, 2.45) is 0 Å². The first kappa shape index (κ1) is 16.4. The van der Waals surface area contributed by atoms with Gasteiger partial charge in [0.2, 0.25) is 0 Å². The zero-order valence-electron chi connectivity index (χ0n) is 12.2. The van der Waals surface area contributed by atoms with Gasteiger partial charge in [-0.2, -0.15) is 0 Å². The maximum atomic E-state index is 12.2. The van der Waals surface area contributed by atoms with Gasteiger partial charge in [0.1, 0.15) is 4.75 Å². The molecule has 0 bridgehead atoms. The van der Waals surface area contributed by atoms with E-state index in [4.69, 9.17) is 4.74 Å². The van der Waals surface area contributed by atoms with Crippen LogP contribution in [0.5, 0.6) is 0 Å². The highest BCUT2D eigenvalue weighted by Gasteiger charge is 2.29. The van der Waals surface area contributed by atoms with Crippen LogP contribution in [0.25, 0.3) is 0 Å². The number of hydrogen-bond donors (Lipinski definition) is 1. The third kappa shape index (κ3) is 5.91. The molecule has 1 N–H and O–H groups in total. The van der Waals surface area contributed by atoms with Gasteiger partial charge in [0.05, 0.1) is 6.04 Å². The Balaban J connectivity index is 2.70. The van der Waals surface area contributed by atoms with Gasteiger partial charge in [-0.05, 0) is 45.2 Å². The van der Waals surface area contributed by atoms with E-state index in [1.807, 2.05) is 39.1 Å². The zero-order chi connectivity index (χ0) is 14.3. The maximum absolute atomic E-state index is 12.2. The molecule has 5 heteroatoms. The molecule has 1 aromatic heterocycles. The molecular formula is C14H24N2O2S. The lowest BCUT2D eigenvalue weighted by atomic mass is 10.1. The predicted molar refractivity (Wildman–Crippen MR) is 79.1 cm³/mol. The van der Waals surface area contributed by atoms with Gasteiger partial charge in [0.15, 0.2) is 0 Å². The van der Waals surface area contributed by atoms with Gasteiger partial charge >= 0.3 is 0 Å².